The molecule has 0 saturated heterocycles. The maximum Gasteiger partial charge on any atom is 0.309 e. The molecule has 0 aliphatic carbocycles. The van der Waals surface area contributed by atoms with Crippen LogP contribution < -0.4 is 5.32 Å². The second kappa shape index (κ2) is 6.49. The molecule has 0 saturated carbocycles. The van der Waals surface area contributed by atoms with E-state index in [-0.39, 0.29) is 11.8 Å². The third-order valence-electron chi connectivity index (χ3n) is 2.54. The van der Waals surface area contributed by atoms with Gasteiger partial charge in [0.25, 0.3) is 0 Å². The minimum absolute atomic E-state index is 0.00934. The summed E-state index contributed by atoms with van der Waals surface area (Å²) in [5.74, 6) is 0.0795. The highest BCUT2D eigenvalue weighted by molar-refractivity contribution is 5.89. The second-order valence-electron chi connectivity index (χ2n) is 3.99. The summed E-state index contributed by atoms with van der Waals surface area (Å²) < 4.78 is 5.30. The van der Waals surface area contributed by atoms with Crippen molar-refractivity contribution in [1.29, 1.82) is 0 Å². The zero-order valence-electron chi connectivity index (χ0n) is 10.5. The van der Waals surface area contributed by atoms with Crippen molar-refractivity contribution in [3.8, 4) is 0 Å². The molecule has 0 aliphatic rings. The largest absolute Gasteiger partial charge is 0.417 e. The van der Waals surface area contributed by atoms with E-state index < -0.39 is 0 Å². The first-order valence-electron chi connectivity index (χ1n) is 6.05. The fourth-order valence-corrected chi connectivity index (χ4v) is 1.58. The molecule has 1 amide bonds. The summed E-state index contributed by atoms with van der Waals surface area (Å²) in [6.45, 7) is 3.89. The second-order valence-corrected chi connectivity index (χ2v) is 3.99. The van der Waals surface area contributed by atoms with Crippen LogP contribution in [-0.4, -0.2) is 22.6 Å². The molecule has 0 bridgehead atoms. The first-order chi connectivity index (χ1) is 9.29. The first-order valence-corrected chi connectivity index (χ1v) is 6.05. The quantitative estimate of drug-likeness (QED) is 0.801. The zero-order valence-corrected chi connectivity index (χ0v) is 10.5. The monoisotopic (exact) mass is 257 g/mol. The first kappa shape index (κ1) is 13.0. The molecule has 0 unspecified atom stereocenters. The molecule has 0 spiro atoms. The number of benzene rings is 1. The van der Waals surface area contributed by atoms with Crippen molar-refractivity contribution in [2.24, 2.45) is 0 Å². The number of aromatic nitrogens is 2. The van der Waals surface area contributed by atoms with E-state index in [1.807, 2.05) is 30.3 Å². The van der Waals surface area contributed by atoms with Crippen LogP contribution in [0, 0.1) is 0 Å². The number of carbonyl (C=O) groups is 1. The highest BCUT2D eigenvalue weighted by Gasteiger charge is 2.13. The maximum atomic E-state index is 11.5. The Morgan fingerprint density at radius 1 is 1.26 bits per heavy atom. The Hall–Kier alpha value is -2.43. The number of carbonyl (C=O) groups excluding carboxylic acids is 1. The van der Waals surface area contributed by atoms with Crippen LogP contribution in [0.1, 0.15) is 22.1 Å². The molecule has 0 fully saturated rings. The SMILES string of the molecule is C=CCNC(=O)c1nnc(CCc2ccccc2)o1. The van der Waals surface area contributed by atoms with E-state index in [2.05, 4.69) is 22.1 Å². The molecule has 0 aliphatic heterocycles. The molecule has 2 rings (SSSR count). The zero-order chi connectivity index (χ0) is 13.5. The van der Waals surface area contributed by atoms with E-state index in [1.54, 1.807) is 6.08 Å². The normalized spacial score (nSPS) is 10.1. The average molecular weight is 257 g/mol. The van der Waals surface area contributed by atoms with E-state index in [0.29, 0.717) is 18.9 Å². The molecule has 1 heterocycles. The van der Waals surface area contributed by atoms with Gasteiger partial charge < -0.3 is 9.73 Å². The highest BCUT2D eigenvalue weighted by atomic mass is 16.4. The van der Waals surface area contributed by atoms with Crippen LogP contribution in [0.5, 0.6) is 0 Å². The Morgan fingerprint density at radius 3 is 2.79 bits per heavy atom. The van der Waals surface area contributed by atoms with Gasteiger partial charge in [-0.2, -0.15) is 0 Å². The number of hydrogen-bond acceptors (Lipinski definition) is 4. The molecule has 1 N–H and O–H groups in total. The van der Waals surface area contributed by atoms with Gasteiger partial charge in [-0.25, -0.2) is 0 Å². The average Bonchev–Trinajstić information content (AvgIpc) is 2.92. The Morgan fingerprint density at radius 2 is 2.05 bits per heavy atom. The van der Waals surface area contributed by atoms with E-state index in [0.717, 1.165) is 6.42 Å². The molecule has 98 valence electrons. The van der Waals surface area contributed by atoms with Crippen LogP contribution in [-0.2, 0) is 12.8 Å². The van der Waals surface area contributed by atoms with Crippen LogP contribution in [0.4, 0.5) is 0 Å². The van der Waals surface area contributed by atoms with Crippen molar-refractivity contribution in [3.63, 3.8) is 0 Å². The fraction of sp³-hybridized carbons (Fsp3) is 0.214. The van der Waals surface area contributed by atoms with Gasteiger partial charge in [0, 0.05) is 13.0 Å². The summed E-state index contributed by atoms with van der Waals surface area (Å²) in [7, 11) is 0. The van der Waals surface area contributed by atoms with E-state index in [9.17, 15) is 4.79 Å². The van der Waals surface area contributed by atoms with Crippen molar-refractivity contribution in [1.82, 2.24) is 15.5 Å². The molecule has 0 radical (unpaired) electrons. The lowest BCUT2D eigenvalue weighted by Crippen LogP contribution is -2.23. The topological polar surface area (TPSA) is 68.0 Å². The Labute approximate surface area is 111 Å². The van der Waals surface area contributed by atoms with Gasteiger partial charge in [-0.05, 0) is 12.0 Å². The number of amides is 1. The Kier molecular flexibility index (Phi) is 4.44. The van der Waals surface area contributed by atoms with Crippen molar-refractivity contribution in [2.75, 3.05) is 6.54 Å². The van der Waals surface area contributed by atoms with Crippen molar-refractivity contribution in [2.45, 2.75) is 12.8 Å². The summed E-state index contributed by atoms with van der Waals surface area (Å²) in [5.41, 5.74) is 1.19. The van der Waals surface area contributed by atoms with Gasteiger partial charge in [0.1, 0.15) is 0 Å². The number of aryl methyl sites for hydroxylation is 2. The smallest absolute Gasteiger partial charge is 0.309 e. The molecule has 19 heavy (non-hydrogen) atoms. The summed E-state index contributed by atoms with van der Waals surface area (Å²) in [6, 6.07) is 10.0. The fourth-order valence-electron chi connectivity index (χ4n) is 1.58. The summed E-state index contributed by atoms with van der Waals surface area (Å²) in [6.07, 6.45) is 3.01. The van der Waals surface area contributed by atoms with Crippen LogP contribution in [0.15, 0.2) is 47.4 Å². The van der Waals surface area contributed by atoms with Gasteiger partial charge in [0.15, 0.2) is 0 Å². The molecule has 2 aromatic rings. The molecule has 0 atom stereocenters. The molecule has 1 aromatic heterocycles. The van der Waals surface area contributed by atoms with Crippen molar-refractivity contribution < 1.29 is 9.21 Å². The van der Waals surface area contributed by atoms with Gasteiger partial charge in [-0.15, -0.1) is 16.8 Å². The van der Waals surface area contributed by atoms with Gasteiger partial charge >= 0.3 is 11.8 Å². The highest BCUT2D eigenvalue weighted by Crippen LogP contribution is 2.06. The lowest BCUT2D eigenvalue weighted by atomic mass is 10.1. The third-order valence-corrected chi connectivity index (χ3v) is 2.54. The Balaban J connectivity index is 1.90. The van der Waals surface area contributed by atoms with Crippen LogP contribution >= 0.6 is 0 Å². The third kappa shape index (κ3) is 3.77. The minimum Gasteiger partial charge on any atom is -0.417 e. The number of hydrogen-bond donors (Lipinski definition) is 1. The standard InChI is InChI=1S/C14H15N3O2/c1-2-10-15-13(18)14-17-16-12(19-14)9-8-11-6-4-3-5-7-11/h2-7H,1,8-10H2,(H,15,18). The van der Waals surface area contributed by atoms with Gasteiger partial charge in [0.05, 0.1) is 0 Å². The van der Waals surface area contributed by atoms with E-state index in [4.69, 9.17) is 4.42 Å². The van der Waals surface area contributed by atoms with Crippen molar-refractivity contribution >= 4 is 5.91 Å². The lowest BCUT2D eigenvalue weighted by molar-refractivity contribution is 0.0921. The predicted molar refractivity (Wildman–Crippen MR) is 70.7 cm³/mol. The molecular formula is C14H15N3O2. The van der Waals surface area contributed by atoms with E-state index >= 15 is 0 Å². The molecule has 5 nitrogen and oxygen atoms in total. The van der Waals surface area contributed by atoms with E-state index in [1.165, 1.54) is 5.56 Å². The summed E-state index contributed by atoms with van der Waals surface area (Å²) in [4.78, 5) is 11.5. The van der Waals surface area contributed by atoms with Crippen LogP contribution in [0.2, 0.25) is 0 Å². The van der Waals surface area contributed by atoms with Crippen molar-refractivity contribution in [3.05, 3.63) is 60.3 Å². The van der Waals surface area contributed by atoms with Crippen LogP contribution in [0.3, 0.4) is 0 Å². The minimum atomic E-state index is -0.377. The van der Waals surface area contributed by atoms with Gasteiger partial charge in [0.2, 0.25) is 5.89 Å². The number of rotatable bonds is 6. The van der Waals surface area contributed by atoms with Crippen LogP contribution in [0.25, 0.3) is 0 Å². The molecule has 1 aromatic carbocycles. The Bertz CT molecular complexity index is 549. The number of nitrogens with zero attached hydrogens (tertiary/aromatic N) is 2. The maximum absolute atomic E-state index is 11.5. The summed E-state index contributed by atoms with van der Waals surface area (Å²) >= 11 is 0. The van der Waals surface area contributed by atoms with Gasteiger partial charge in [-0.3, -0.25) is 4.79 Å². The summed E-state index contributed by atoms with van der Waals surface area (Å²) in [5, 5.41) is 10.2. The molecule has 5 heteroatoms. The number of nitrogens with one attached hydrogen (secondary N) is 1. The predicted octanol–water partition coefficient (Wildman–Crippen LogP) is 1.77. The lowest BCUT2D eigenvalue weighted by Gasteiger charge is -1.97. The van der Waals surface area contributed by atoms with Gasteiger partial charge in [-0.1, -0.05) is 36.4 Å². The molecular weight excluding hydrogens is 242 g/mol.